The fraction of sp³-hybridized carbons (Fsp3) is 0.727. The van der Waals surface area contributed by atoms with E-state index in [-0.39, 0.29) is 0 Å². The van der Waals surface area contributed by atoms with Gasteiger partial charge in [-0.3, -0.25) is 4.90 Å². The van der Waals surface area contributed by atoms with E-state index < -0.39 is 0 Å². The third-order valence-corrected chi connectivity index (χ3v) is 3.39. The van der Waals surface area contributed by atoms with E-state index in [0.29, 0.717) is 6.04 Å². The molecule has 1 aliphatic rings. The smallest absolute Gasteiger partial charge is 0.0795 e. The molecule has 0 bridgehead atoms. The van der Waals surface area contributed by atoms with Crippen LogP contribution in [0.2, 0.25) is 0 Å². The van der Waals surface area contributed by atoms with E-state index in [4.69, 9.17) is 4.74 Å². The predicted octanol–water partition coefficient (Wildman–Crippen LogP) is 0.953. The van der Waals surface area contributed by atoms with Gasteiger partial charge >= 0.3 is 0 Å². The van der Waals surface area contributed by atoms with Crippen LogP contribution in [0.1, 0.15) is 12.6 Å². The van der Waals surface area contributed by atoms with E-state index in [1.54, 1.807) is 11.3 Å². The number of hydrogen-bond acceptors (Lipinski definition) is 5. The lowest BCUT2D eigenvalue weighted by Gasteiger charge is -2.29. The molecule has 1 saturated heterocycles. The molecule has 90 valence electrons. The molecule has 0 amide bonds. The minimum Gasteiger partial charge on any atom is -0.379 e. The lowest BCUT2D eigenvalue weighted by atomic mass is 10.3. The van der Waals surface area contributed by atoms with Crippen molar-refractivity contribution in [3.8, 4) is 0 Å². The van der Waals surface area contributed by atoms with E-state index >= 15 is 0 Å². The average Bonchev–Trinajstić information content (AvgIpc) is 2.81. The molecule has 0 spiro atoms. The molecule has 0 aromatic carbocycles. The van der Waals surface area contributed by atoms with Crippen molar-refractivity contribution in [2.75, 3.05) is 32.8 Å². The van der Waals surface area contributed by atoms with Gasteiger partial charge < -0.3 is 10.1 Å². The van der Waals surface area contributed by atoms with Crippen molar-refractivity contribution < 1.29 is 4.74 Å². The summed E-state index contributed by atoms with van der Waals surface area (Å²) in [6.07, 6.45) is 0. The molecule has 1 fully saturated rings. The Labute approximate surface area is 101 Å². The third-order valence-electron chi connectivity index (χ3n) is 2.75. The lowest BCUT2D eigenvalue weighted by Crippen LogP contribution is -2.44. The zero-order valence-electron chi connectivity index (χ0n) is 9.69. The number of aromatic nitrogens is 1. The molecule has 1 unspecified atom stereocenters. The number of rotatable bonds is 5. The van der Waals surface area contributed by atoms with Gasteiger partial charge in [-0.25, -0.2) is 4.98 Å². The fourth-order valence-corrected chi connectivity index (χ4v) is 2.40. The Morgan fingerprint density at radius 2 is 2.38 bits per heavy atom. The van der Waals surface area contributed by atoms with Crippen LogP contribution in [0.15, 0.2) is 10.9 Å². The van der Waals surface area contributed by atoms with Gasteiger partial charge in [0.25, 0.3) is 0 Å². The van der Waals surface area contributed by atoms with Crippen molar-refractivity contribution in [1.82, 2.24) is 15.2 Å². The van der Waals surface area contributed by atoms with Crippen LogP contribution in [0.4, 0.5) is 0 Å². The summed E-state index contributed by atoms with van der Waals surface area (Å²) in [6.45, 7) is 8.05. The maximum absolute atomic E-state index is 5.33. The van der Waals surface area contributed by atoms with Crippen LogP contribution >= 0.6 is 11.3 Å². The molecule has 0 radical (unpaired) electrons. The highest BCUT2D eigenvalue weighted by atomic mass is 32.1. The van der Waals surface area contributed by atoms with Crippen LogP contribution in [-0.2, 0) is 11.3 Å². The Morgan fingerprint density at radius 1 is 1.56 bits per heavy atom. The standard InChI is InChI=1S/C11H19N3OS/c1-10(7-14-2-4-15-5-3-14)12-6-11-8-16-9-13-11/h8-10,12H,2-7H2,1H3. The van der Waals surface area contributed by atoms with E-state index in [1.807, 2.05) is 5.51 Å². The molecule has 1 atom stereocenters. The van der Waals surface area contributed by atoms with Gasteiger partial charge in [-0.2, -0.15) is 0 Å². The van der Waals surface area contributed by atoms with Crippen LogP contribution < -0.4 is 5.32 Å². The second-order valence-corrected chi connectivity index (χ2v) is 4.89. The molecule has 1 N–H and O–H groups in total. The third kappa shape index (κ3) is 3.83. The minimum atomic E-state index is 0.500. The van der Waals surface area contributed by atoms with Gasteiger partial charge in [-0.1, -0.05) is 0 Å². The number of thiazole rings is 1. The van der Waals surface area contributed by atoms with Crippen LogP contribution in [-0.4, -0.2) is 48.8 Å². The summed E-state index contributed by atoms with van der Waals surface area (Å²) in [7, 11) is 0. The Balaban J connectivity index is 1.65. The van der Waals surface area contributed by atoms with Crippen molar-refractivity contribution in [3.05, 3.63) is 16.6 Å². The molecule has 0 aliphatic carbocycles. The van der Waals surface area contributed by atoms with Gasteiger partial charge in [-0.05, 0) is 6.92 Å². The Morgan fingerprint density at radius 3 is 3.06 bits per heavy atom. The van der Waals surface area contributed by atoms with Crippen LogP contribution in [0.25, 0.3) is 0 Å². The highest BCUT2D eigenvalue weighted by Gasteiger charge is 2.13. The summed E-state index contributed by atoms with van der Waals surface area (Å²) < 4.78 is 5.33. The highest BCUT2D eigenvalue weighted by molar-refractivity contribution is 7.07. The molecule has 1 aliphatic heterocycles. The quantitative estimate of drug-likeness (QED) is 0.833. The second kappa shape index (κ2) is 6.30. The fourth-order valence-electron chi connectivity index (χ4n) is 1.84. The molecule has 2 heterocycles. The molecule has 1 aromatic rings. The normalized spacial score (nSPS) is 19.8. The van der Waals surface area contributed by atoms with Gasteiger partial charge in [0.1, 0.15) is 0 Å². The Bertz CT molecular complexity index is 285. The van der Waals surface area contributed by atoms with Crippen molar-refractivity contribution in [1.29, 1.82) is 0 Å². The van der Waals surface area contributed by atoms with Gasteiger partial charge in [0.15, 0.2) is 0 Å². The summed E-state index contributed by atoms with van der Waals surface area (Å²) in [5.41, 5.74) is 3.02. The minimum absolute atomic E-state index is 0.500. The van der Waals surface area contributed by atoms with E-state index in [2.05, 4.69) is 27.5 Å². The first-order valence-electron chi connectivity index (χ1n) is 5.75. The van der Waals surface area contributed by atoms with Crippen LogP contribution in [0, 0.1) is 0 Å². The maximum atomic E-state index is 5.33. The topological polar surface area (TPSA) is 37.4 Å². The van der Waals surface area contributed by atoms with Crippen LogP contribution in [0.3, 0.4) is 0 Å². The summed E-state index contributed by atoms with van der Waals surface area (Å²) in [6, 6.07) is 0.500. The van der Waals surface area contributed by atoms with Gasteiger partial charge in [0, 0.05) is 37.6 Å². The van der Waals surface area contributed by atoms with E-state index in [0.717, 1.165) is 45.1 Å². The molecule has 4 nitrogen and oxygen atoms in total. The average molecular weight is 241 g/mol. The number of ether oxygens (including phenoxy) is 1. The number of hydrogen-bond donors (Lipinski definition) is 1. The predicted molar refractivity (Wildman–Crippen MR) is 65.7 cm³/mol. The Kier molecular flexibility index (Phi) is 4.71. The monoisotopic (exact) mass is 241 g/mol. The molecule has 16 heavy (non-hydrogen) atoms. The Hall–Kier alpha value is -0.490. The largest absolute Gasteiger partial charge is 0.379 e. The van der Waals surface area contributed by atoms with Gasteiger partial charge in [0.05, 0.1) is 24.4 Å². The van der Waals surface area contributed by atoms with Crippen molar-refractivity contribution in [3.63, 3.8) is 0 Å². The number of nitrogens with one attached hydrogen (secondary N) is 1. The first-order valence-corrected chi connectivity index (χ1v) is 6.69. The number of nitrogens with zero attached hydrogens (tertiary/aromatic N) is 2. The second-order valence-electron chi connectivity index (χ2n) is 4.17. The summed E-state index contributed by atoms with van der Waals surface area (Å²) >= 11 is 1.65. The van der Waals surface area contributed by atoms with Crippen molar-refractivity contribution in [2.24, 2.45) is 0 Å². The lowest BCUT2D eigenvalue weighted by molar-refractivity contribution is 0.0343. The summed E-state index contributed by atoms with van der Waals surface area (Å²) in [5, 5.41) is 5.59. The van der Waals surface area contributed by atoms with E-state index in [1.165, 1.54) is 0 Å². The first kappa shape index (κ1) is 12.0. The molecular weight excluding hydrogens is 222 g/mol. The molecule has 0 saturated carbocycles. The molecule has 2 rings (SSSR count). The van der Waals surface area contributed by atoms with E-state index in [9.17, 15) is 0 Å². The maximum Gasteiger partial charge on any atom is 0.0795 e. The van der Waals surface area contributed by atoms with Crippen molar-refractivity contribution in [2.45, 2.75) is 19.5 Å². The highest BCUT2D eigenvalue weighted by Crippen LogP contribution is 2.02. The number of morpholine rings is 1. The summed E-state index contributed by atoms with van der Waals surface area (Å²) in [4.78, 5) is 6.70. The first-order chi connectivity index (χ1) is 7.84. The van der Waals surface area contributed by atoms with Gasteiger partial charge in [0.2, 0.25) is 0 Å². The van der Waals surface area contributed by atoms with Crippen molar-refractivity contribution >= 4 is 11.3 Å². The summed E-state index contributed by atoms with van der Waals surface area (Å²) in [5.74, 6) is 0. The van der Waals surface area contributed by atoms with Crippen LogP contribution in [0.5, 0.6) is 0 Å². The molecule has 1 aromatic heterocycles. The van der Waals surface area contributed by atoms with Gasteiger partial charge in [-0.15, -0.1) is 11.3 Å². The molecular formula is C11H19N3OS. The zero-order chi connectivity index (χ0) is 11.2. The zero-order valence-corrected chi connectivity index (χ0v) is 10.5. The molecule has 5 heteroatoms. The SMILES string of the molecule is CC(CN1CCOCC1)NCc1cscn1.